The van der Waals surface area contributed by atoms with Gasteiger partial charge in [-0.3, -0.25) is 0 Å². The fourth-order valence-corrected chi connectivity index (χ4v) is 0. The maximum Gasteiger partial charge on any atom is 2.00 e. The molecule has 0 aromatic heterocycles. The number of halogens is 3. The largest absolute Gasteiger partial charge is 2.00 e. The summed E-state index contributed by atoms with van der Waals surface area (Å²) in [6, 6.07) is 0. The average molecular weight is 336 g/mol. The Hall–Kier alpha value is 0.842. The third-order valence-corrected chi connectivity index (χ3v) is 0. The molecular weight excluding hydrogens is 331 g/mol. The van der Waals surface area contributed by atoms with Gasteiger partial charge in [0.1, 0.15) is 0 Å². The first kappa shape index (κ1) is 15.7. The van der Waals surface area contributed by atoms with Crippen LogP contribution in [-0.2, 0) is 0 Å². The Bertz CT molecular complexity index is 14.9. The molecule has 0 aliphatic rings. The summed E-state index contributed by atoms with van der Waals surface area (Å²) in [6.07, 6.45) is 0. The van der Waals surface area contributed by atoms with E-state index in [-0.39, 0.29) is 31.1 Å². The van der Waals surface area contributed by atoms with Crippen LogP contribution in [0.3, 0.4) is 0 Å². The molecule has 0 aliphatic heterocycles. The Morgan fingerprint density at radius 1 is 1.14 bits per heavy atom. The Kier molecular flexibility index (Phi) is 35.4. The zero-order valence-corrected chi connectivity index (χ0v) is 8.00. The molecule has 0 radical (unpaired) electrons. The van der Waals surface area contributed by atoms with E-state index in [4.69, 9.17) is 0 Å². The molecular formula is C3H5F3U. The van der Waals surface area contributed by atoms with Crippen molar-refractivity contribution in [1.82, 2.24) is 0 Å². The van der Waals surface area contributed by atoms with Crippen LogP contribution in [0.25, 0.3) is 0 Å². The van der Waals surface area contributed by atoms with Crippen LogP contribution in [0.2, 0.25) is 0 Å². The summed E-state index contributed by atoms with van der Waals surface area (Å²) < 4.78 is 28.8. The first-order valence-corrected chi connectivity index (χ1v) is 1.27. The topological polar surface area (TPSA) is 0 Å². The van der Waals surface area contributed by atoms with Crippen molar-refractivity contribution in [3.8, 4) is 0 Å². The van der Waals surface area contributed by atoms with Gasteiger partial charge in [-0.2, -0.15) is 6.92 Å². The van der Waals surface area contributed by atoms with Gasteiger partial charge in [-0.05, 0) is 0 Å². The van der Waals surface area contributed by atoms with Crippen molar-refractivity contribution in [3.05, 3.63) is 13.6 Å². The zero-order chi connectivity index (χ0) is 5.58. The maximum absolute atomic E-state index is 9.58. The first-order valence-electron chi connectivity index (χ1n) is 1.27. The predicted molar refractivity (Wildman–Crippen MR) is 17.6 cm³/mol. The Morgan fingerprint density at radius 2 is 1.14 bits per heavy atom. The van der Waals surface area contributed by atoms with Crippen LogP contribution in [0.1, 0.15) is 6.92 Å². The van der Waals surface area contributed by atoms with Crippen molar-refractivity contribution in [1.29, 1.82) is 0 Å². The normalized spacial score (nSPS) is 6.00. The van der Waals surface area contributed by atoms with Crippen LogP contribution in [0.4, 0.5) is 13.2 Å². The van der Waals surface area contributed by atoms with Crippen molar-refractivity contribution in [2.45, 2.75) is 6.92 Å². The summed E-state index contributed by atoms with van der Waals surface area (Å²) in [5.41, 5.74) is 0. The van der Waals surface area contributed by atoms with Crippen LogP contribution < -0.4 is 0 Å². The molecule has 0 saturated carbocycles. The first-order chi connectivity index (χ1) is 2.73. The summed E-state index contributed by atoms with van der Waals surface area (Å²) in [7, 11) is 0. The third-order valence-electron chi connectivity index (χ3n) is 0. The molecule has 0 atom stereocenters. The van der Waals surface area contributed by atoms with Gasteiger partial charge < -0.3 is 20.1 Å². The Labute approximate surface area is 64.9 Å². The van der Waals surface area contributed by atoms with Crippen LogP contribution in [0.5, 0.6) is 0 Å². The smallest absolute Gasteiger partial charge is 0.385 e. The van der Waals surface area contributed by atoms with Gasteiger partial charge in [-0.25, -0.2) is 0 Å². The van der Waals surface area contributed by atoms with Crippen LogP contribution in [0.15, 0.2) is 0 Å². The summed E-state index contributed by atoms with van der Waals surface area (Å²) in [6.45, 7) is 1.92. The molecule has 0 aromatic carbocycles. The van der Waals surface area contributed by atoms with Crippen LogP contribution >= 0.6 is 0 Å². The van der Waals surface area contributed by atoms with E-state index in [0.717, 1.165) is 0 Å². The van der Waals surface area contributed by atoms with Crippen molar-refractivity contribution in [3.63, 3.8) is 0 Å². The fourth-order valence-electron chi connectivity index (χ4n) is 0. The van der Waals surface area contributed by atoms with Gasteiger partial charge in [0.25, 0.3) is 0 Å². The van der Waals surface area contributed by atoms with Crippen LogP contribution in [0, 0.1) is 44.7 Å². The summed E-state index contributed by atoms with van der Waals surface area (Å²) in [4.78, 5) is 0. The van der Waals surface area contributed by atoms with Crippen molar-refractivity contribution < 1.29 is 44.3 Å². The molecule has 0 bridgehead atoms. The number of hydrogen-bond donors (Lipinski definition) is 0. The van der Waals surface area contributed by atoms with Gasteiger partial charge >= 0.3 is 31.1 Å². The Morgan fingerprint density at radius 3 is 1.14 bits per heavy atom. The second-order valence-electron chi connectivity index (χ2n) is 0.214. The molecule has 0 heterocycles. The summed E-state index contributed by atoms with van der Waals surface area (Å²) in [5.74, 6) is 0. The number of rotatable bonds is 0. The monoisotopic (exact) mass is 336 g/mol. The van der Waals surface area contributed by atoms with Gasteiger partial charge in [-0.15, -0.1) is 0 Å². The average Bonchev–Trinajstić information content (AvgIpc) is 1.41. The molecule has 0 N–H and O–H groups in total. The molecule has 4 heteroatoms. The van der Waals surface area contributed by atoms with Gasteiger partial charge in [-0.1, -0.05) is 0 Å². The molecule has 0 rings (SSSR count). The molecule has 0 aromatic rings. The molecule has 0 nitrogen and oxygen atoms in total. The molecule has 0 unspecified atom stereocenters. The maximum atomic E-state index is 9.58. The van der Waals surface area contributed by atoms with E-state index < -0.39 is 6.68 Å². The minimum atomic E-state index is -3.08. The van der Waals surface area contributed by atoms with Gasteiger partial charge in [0.2, 0.25) is 0 Å². The molecule has 0 amide bonds. The van der Waals surface area contributed by atoms with Gasteiger partial charge in [0, 0.05) is 0 Å². The van der Waals surface area contributed by atoms with Crippen molar-refractivity contribution >= 4 is 0 Å². The quantitative estimate of drug-likeness (QED) is 0.595. The van der Waals surface area contributed by atoms with Gasteiger partial charge in [0.15, 0.2) is 6.68 Å². The van der Waals surface area contributed by atoms with E-state index >= 15 is 0 Å². The third kappa shape index (κ3) is 226. The molecule has 42 valence electrons. The van der Waals surface area contributed by atoms with Crippen LogP contribution in [-0.4, -0.2) is 0 Å². The second kappa shape index (κ2) is 15.8. The molecule has 0 spiro atoms. The molecule has 0 saturated heterocycles. The predicted octanol–water partition coefficient (Wildman–Crippen LogP) is 2.18. The second-order valence-corrected chi connectivity index (χ2v) is 0.214. The van der Waals surface area contributed by atoms with E-state index in [1.54, 1.807) is 6.92 Å². The Balaban J connectivity index is -0.0000000480. The van der Waals surface area contributed by atoms with E-state index in [9.17, 15) is 13.2 Å². The van der Waals surface area contributed by atoms with E-state index in [0.29, 0.717) is 0 Å². The SMILES string of the molecule is F[C-](F)F.[CH2-]C.[U+2]. The van der Waals surface area contributed by atoms with E-state index in [2.05, 4.69) is 6.92 Å². The molecule has 7 heavy (non-hydrogen) atoms. The summed E-state index contributed by atoms with van der Waals surface area (Å²) >= 11 is 0. The minimum absolute atomic E-state index is 0. The standard InChI is InChI=1S/C2H5.CF3.U/c1-2;2-1(3)4;/h1H2,2H3;;/q2*-1;+2. The van der Waals surface area contributed by atoms with E-state index in [1.807, 2.05) is 0 Å². The zero-order valence-electron chi connectivity index (χ0n) is 3.84. The fraction of sp³-hybridized carbons (Fsp3) is 0.333. The molecule has 0 aliphatic carbocycles. The van der Waals surface area contributed by atoms with E-state index in [1.165, 1.54) is 0 Å². The summed E-state index contributed by atoms with van der Waals surface area (Å²) in [5, 5.41) is 0. The minimum Gasteiger partial charge on any atom is -0.385 e. The van der Waals surface area contributed by atoms with Crippen molar-refractivity contribution in [2.24, 2.45) is 0 Å². The molecule has 0 fully saturated rings. The number of hydrogen-bond acceptors (Lipinski definition) is 0. The van der Waals surface area contributed by atoms with Crippen molar-refractivity contribution in [2.75, 3.05) is 0 Å². The van der Waals surface area contributed by atoms with Gasteiger partial charge in [0.05, 0.1) is 0 Å².